The molecule has 8 heteroatoms. The van der Waals surface area contributed by atoms with Crippen LogP contribution in [0.15, 0.2) is 66.7 Å². The van der Waals surface area contributed by atoms with E-state index in [0.717, 1.165) is 22.6 Å². The summed E-state index contributed by atoms with van der Waals surface area (Å²) >= 11 is 0. The van der Waals surface area contributed by atoms with Gasteiger partial charge in [0.05, 0.1) is 12.2 Å². The summed E-state index contributed by atoms with van der Waals surface area (Å²) in [5.41, 5.74) is 9.83. The van der Waals surface area contributed by atoms with Gasteiger partial charge in [-0.15, -0.1) is 12.4 Å². The number of halogens is 2. The number of benzene rings is 2. The lowest BCUT2D eigenvalue weighted by atomic mass is 10.0. The maximum absolute atomic E-state index is 13.6. The average molecular weight is 528 g/mol. The predicted molar refractivity (Wildman–Crippen MR) is 147 cm³/mol. The molecule has 37 heavy (non-hydrogen) atoms. The summed E-state index contributed by atoms with van der Waals surface area (Å²) in [6.45, 7) is 6.20. The molecule has 0 unspecified atom stereocenters. The third kappa shape index (κ3) is 7.06. The Morgan fingerprint density at radius 3 is 2.24 bits per heavy atom. The van der Waals surface area contributed by atoms with Gasteiger partial charge in [0.25, 0.3) is 0 Å². The van der Waals surface area contributed by atoms with E-state index in [1.807, 2.05) is 69.3 Å². The highest BCUT2D eigenvalue weighted by molar-refractivity contribution is 5.97. The number of pyridine rings is 1. The molecule has 1 aliphatic carbocycles. The second kappa shape index (κ2) is 12.5. The number of nitrogens with zero attached hydrogens (tertiary/aromatic N) is 2. The number of methoxy groups -OCH3 is 1. The van der Waals surface area contributed by atoms with E-state index in [1.54, 1.807) is 24.1 Å². The van der Waals surface area contributed by atoms with Gasteiger partial charge in [0.2, 0.25) is 11.9 Å². The van der Waals surface area contributed by atoms with Crippen molar-refractivity contribution in [3.8, 4) is 16.9 Å². The Labute approximate surface area is 224 Å². The van der Waals surface area contributed by atoms with Gasteiger partial charge >= 0.3 is 0 Å². The number of ether oxygens (including phenoxy) is 2. The number of nitrogens with two attached hydrogens (primary N) is 1. The summed E-state index contributed by atoms with van der Waals surface area (Å²) in [5, 5.41) is 0. The molecule has 1 heterocycles. The Morgan fingerprint density at radius 2 is 1.68 bits per heavy atom. The van der Waals surface area contributed by atoms with E-state index < -0.39 is 5.95 Å². The van der Waals surface area contributed by atoms with Crippen LogP contribution in [0.1, 0.15) is 38.8 Å². The van der Waals surface area contributed by atoms with Crippen molar-refractivity contribution in [2.24, 2.45) is 11.7 Å². The van der Waals surface area contributed by atoms with E-state index in [-0.39, 0.29) is 48.4 Å². The van der Waals surface area contributed by atoms with E-state index in [9.17, 15) is 9.18 Å². The fourth-order valence-electron chi connectivity index (χ4n) is 4.31. The van der Waals surface area contributed by atoms with Gasteiger partial charge in [0, 0.05) is 42.9 Å². The number of hydrogen-bond acceptors (Lipinski definition) is 5. The number of carbonyl (C=O) groups excluding carboxylic acids is 1. The van der Waals surface area contributed by atoms with Gasteiger partial charge < -0.3 is 20.1 Å². The molecule has 1 saturated carbocycles. The fraction of sp³-hybridized carbons (Fsp3) is 0.379. The molecule has 0 spiro atoms. The molecule has 6 nitrogen and oxygen atoms in total. The Hall–Kier alpha value is -3.00. The SMILES string of the molecule is CO[C@H](C)[C@H](N)CN(C(=O)[C@@H]1C[C@H]1c1cccc(F)n1)c1ccc(-c2ccc(OC(C)C)cc2)cc1.Cl. The number of hydrogen-bond donors (Lipinski definition) is 1. The van der Waals surface area contributed by atoms with E-state index in [4.69, 9.17) is 15.2 Å². The Kier molecular flexibility index (Phi) is 9.65. The van der Waals surface area contributed by atoms with Crippen molar-refractivity contribution < 1.29 is 18.7 Å². The maximum Gasteiger partial charge on any atom is 0.230 e. The molecular weight excluding hydrogens is 493 g/mol. The lowest BCUT2D eigenvalue weighted by molar-refractivity contribution is -0.120. The monoisotopic (exact) mass is 527 g/mol. The zero-order valence-electron chi connectivity index (χ0n) is 21.6. The van der Waals surface area contributed by atoms with Gasteiger partial charge in [-0.25, -0.2) is 4.98 Å². The van der Waals surface area contributed by atoms with Crippen LogP contribution >= 0.6 is 12.4 Å². The molecule has 0 radical (unpaired) electrons. The summed E-state index contributed by atoms with van der Waals surface area (Å²) in [6.07, 6.45) is 0.545. The van der Waals surface area contributed by atoms with E-state index in [1.165, 1.54) is 6.07 Å². The van der Waals surface area contributed by atoms with Gasteiger partial charge in [-0.1, -0.05) is 30.3 Å². The molecule has 1 amide bonds. The summed E-state index contributed by atoms with van der Waals surface area (Å²) < 4.78 is 24.7. The average Bonchev–Trinajstić information content (AvgIpc) is 3.68. The molecule has 0 aliphatic heterocycles. The number of carbonyl (C=O) groups is 1. The van der Waals surface area contributed by atoms with E-state index >= 15 is 0 Å². The Bertz CT molecular complexity index is 1170. The van der Waals surface area contributed by atoms with Crippen molar-refractivity contribution >= 4 is 24.0 Å². The molecule has 2 N–H and O–H groups in total. The molecular formula is C29H35ClFN3O3. The van der Waals surface area contributed by atoms with Gasteiger partial charge in [-0.3, -0.25) is 4.79 Å². The highest BCUT2D eigenvalue weighted by Crippen LogP contribution is 2.48. The summed E-state index contributed by atoms with van der Waals surface area (Å²) in [6, 6.07) is 20.2. The number of anilines is 1. The third-order valence-corrected chi connectivity index (χ3v) is 6.60. The van der Waals surface area contributed by atoms with Crippen molar-refractivity contribution in [2.75, 3.05) is 18.6 Å². The van der Waals surface area contributed by atoms with Crippen molar-refractivity contribution in [2.45, 2.75) is 51.4 Å². The summed E-state index contributed by atoms with van der Waals surface area (Å²) in [7, 11) is 1.61. The zero-order chi connectivity index (χ0) is 25.8. The molecule has 198 valence electrons. The first-order valence-corrected chi connectivity index (χ1v) is 12.4. The topological polar surface area (TPSA) is 77.7 Å². The molecule has 1 fully saturated rings. The number of rotatable bonds is 10. The van der Waals surface area contributed by atoms with Crippen LogP contribution in [0.3, 0.4) is 0 Å². The quantitative estimate of drug-likeness (QED) is 0.347. The lowest BCUT2D eigenvalue weighted by Gasteiger charge is -2.29. The van der Waals surface area contributed by atoms with E-state index in [0.29, 0.717) is 18.7 Å². The minimum atomic E-state index is -0.530. The predicted octanol–water partition coefficient (Wildman–Crippen LogP) is 5.60. The zero-order valence-corrected chi connectivity index (χ0v) is 22.5. The van der Waals surface area contributed by atoms with Gasteiger partial charge in [-0.2, -0.15) is 4.39 Å². The summed E-state index contributed by atoms with van der Waals surface area (Å²) in [4.78, 5) is 19.3. The van der Waals surface area contributed by atoms with Crippen molar-refractivity contribution in [3.63, 3.8) is 0 Å². The van der Waals surface area contributed by atoms with Crippen LogP contribution in [-0.4, -0.2) is 42.8 Å². The smallest absolute Gasteiger partial charge is 0.230 e. The minimum Gasteiger partial charge on any atom is -0.491 e. The highest BCUT2D eigenvalue weighted by atomic mass is 35.5. The molecule has 1 aromatic heterocycles. The molecule has 0 saturated heterocycles. The van der Waals surface area contributed by atoms with Gasteiger partial charge in [0.15, 0.2) is 0 Å². The molecule has 3 aromatic rings. The van der Waals surface area contributed by atoms with Crippen LogP contribution in [0.25, 0.3) is 11.1 Å². The highest BCUT2D eigenvalue weighted by Gasteiger charge is 2.47. The van der Waals surface area contributed by atoms with Crippen LogP contribution in [0.4, 0.5) is 10.1 Å². The van der Waals surface area contributed by atoms with Gasteiger partial charge in [0.1, 0.15) is 5.75 Å². The first-order chi connectivity index (χ1) is 17.3. The van der Waals surface area contributed by atoms with E-state index in [2.05, 4.69) is 4.98 Å². The largest absolute Gasteiger partial charge is 0.491 e. The van der Waals surface area contributed by atoms with Crippen molar-refractivity contribution in [3.05, 3.63) is 78.4 Å². The third-order valence-electron chi connectivity index (χ3n) is 6.60. The van der Waals surface area contributed by atoms with Crippen LogP contribution in [0, 0.1) is 11.9 Å². The van der Waals surface area contributed by atoms with Crippen LogP contribution < -0.4 is 15.4 Å². The Morgan fingerprint density at radius 1 is 1.05 bits per heavy atom. The first kappa shape index (κ1) is 28.6. The molecule has 2 aromatic carbocycles. The van der Waals surface area contributed by atoms with Crippen LogP contribution in [0.2, 0.25) is 0 Å². The normalized spacial score (nSPS) is 18.0. The van der Waals surface area contributed by atoms with Crippen molar-refractivity contribution in [1.29, 1.82) is 0 Å². The number of aromatic nitrogens is 1. The van der Waals surface area contributed by atoms with Gasteiger partial charge in [-0.05, 0) is 74.7 Å². The molecule has 4 rings (SSSR count). The Balaban J connectivity index is 0.00000380. The fourth-order valence-corrected chi connectivity index (χ4v) is 4.31. The maximum atomic E-state index is 13.6. The standard InChI is InChI=1S/C29H34FN3O3.ClH/c1-18(2)36-23-14-10-21(11-15-23)20-8-12-22(13-9-20)33(17-26(31)19(3)35-4)29(34)25-16-24(25)27-6-5-7-28(30)32-27;/h5-15,18-19,24-26H,16-17,31H2,1-4H3;1H/t19-,24-,25-,26-;/m1./s1. The first-order valence-electron chi connectivity index (χ1n) is 12.4. The second-order valence-electron chi connectivity index (χ2n) is 9.63. The summed E-state index contributed by atoms with van der Waals surface area (Å²) in [5.74, 6) is -0.0733. The van der Waals surface area contributed by atoms with Crippen LogP contribution in [0.5, 0.6) is 5.75 Å². The number of amides is 1. The molecule has 4 atom stereocenters. The lowest BCUT2D eigenvalue weighted by Crippen LogP contribution is -2.47. The van der Waals surface area contributed by atoms with Crippen LogP contribution in [-0.2, 0) is 9.53 Å². The molecule has 0 bridgehead atoms. The molecule has 1 aliphatic rings. The minimum absolute atomic E-state index is 0. The van der Waals surface area contributed by atoms with Crippen molar-refractivity contribution in [1.82, 2.24) is 4.98 Å². The second-order valence-corrected chi connectivity index (χ2v) is 9.63.